The Morgan fingerprint density at radius 1 is 0.947 bits per heavy atom. The van der Waals surface area contributed by atoms with Crippen molar-refractivity contribution >= 4 is 12.4 Å². The van der Waals surface area contributed by atoms with Crippen LogP contribution in [0.5, 0.6) is 0 Å². The molecule has 0 unspecified atom stereocenters. The van der Waals surface area contributed by atoms with Crippen molar-refractivity contribution in [2.45, 2.75) is 26.7 Å². The molecule has 0 aromatic heterocycles. The summed E-state index contributed by atoms with van der Waals surface area (Å²) in [6, 6.07) is 8.80. The third-order valence-corrected chi connectivity index (χ3v) is 2.78. The molecule has 0 amide bonds. The van der Waals surface area contributed by atoms with Crippen LogP contribution in [-0.4, -0.2) is 21.0 Å². The van der Waals surface area contributed by atoms with Gasteiger partial charge in [0.05, 0.1) is 0 Å². The van der Waals surface area contributed by atoms with Crippen LogP contribution in [0, 0.1) is 6.92 Å². The van der Waals surface area contributed by atoms with Gasteiger partial charge in [-0.15, -0.1) is 0 Å². The zero-order chi connectivity index (χ0) is 14.7. The summed E-state index contributed by atoms with van der Waals surface area (Å²) >= 11 is 0. The lowest BCUT2D eigenvalue weighted by Gasteiger charge is -2.12. The Morgan fingerprint density at radius 2 is 1.47 bits per heavy atom. The van der Waals surface area contributed by atoms with Crippen LogP contribution < -0.4 is 0 Å². The van der Waals surface area contributed by atoms with Crippen LogP contribution in [0.25, 0.3) is 5.57 Å². The van der Waals surface area contributed by atoms with Crippen molar-refractivity contribution in [3.63, 3.8) is 0 Å². The van der Waals surface area contributed by atoms with Crippen molar-refractivity contribution in [3.8, 4) is 0 Å². The lowest BCUT2D eigenvalue weighted by molar-refractivity contribution is -0.0979. The molecule has 1 aromatic rings. The van der Waals surface area contributed by atoms with Crippen LogP contribution in [0.3, 0.4) is 0 Å². The Hall–Kier alpha value is -1.67. The second-order valence-corrected chi connectivity index (χ2v) is 4.48. The van der Waals surface area contributed by atoms with Gasteiger partial charge < -0.3 is 9.53 Å². The van der Waals surface area contributed by atoms with Crippen molar-refractivity contribution in [2.24, 2.45) is 0 Å². The number of ether oxygens (including phenoxy) is 1. The van der Waals surface area contributed by atoms with Crippen molar-refractivity contribution in [2.75, 3.05) is 14.2 Å². The largest absolute Gasteiger partial charge is 0.388 e. The first-order chi connectivity index (χ1) is 9.17. The van der Waals surface area contributed by atoms with Gasteiger partial charge >= 0.3 is 0 Å². The molecule has 104 valence electrons. The lowest BCUT2D eigenvalue weighted by atomic mass is 9.93. The summed E-state index contributed by atoms with van der Waals surface area (Å²) in [5.41, 5.74) is 5.66. The summed E-state index contributed by atoms with van der Waals surface area (Å²) in [4.78, 5) is 8.00. The van der Waals surface area contributed by atoms with E-state index >= 15 is 0 Å². The molecule has 0 saturated carbocycles. The number of aryl methyl sites for hydroxylation is 1. The highest BCUT2D eigenvalue weighted by molar-refractivity contribution is 5.68. The minimum atomic E-state index is 1.19. The Morgan fingerprint density at radius 3 is 1.89 bits per heavy atom. The van der Waals surface area contributed by atoms with E-state index < -0.39 is 0 Å². The van der Waals surface area contributed by atoms with E-state index in [1.807, 2.05) is 6.79 Å². The normalized spacial score (nSPS) is 13.1. The van der Waals surface area contributed by atoms with E-state index in [9.17, 15) is 0 Å². The molecule has 0 bridgehead atoms. The molecule has 0 radical (unpaired) electrons. The molecule has 19 heavy (non-hydrogen) atoms. The average Bonchev–Trinajstić information content (AvgIpc) is 2.44. The second kappa shape index (κ2) is 10.3. The molecular weight excluding hydrogens is 236 g/mol. The van der Waals surface area contributed by atoms with Crippen molar-refractivity contribution < 1.29 is 9.53 Å². The summed E-state index contributed by atoms with van der Waals surface area (Å²) in [7, 11) is 3.25. The van der Waals surface area contributed by atoms with Gasteiger partial charge in [0.1, 0.15) is 6.79 Å². The number of hydrogen-bond donors (Lipinski definition) is 0. The molecule has 1 aliphatic rings. The third-order valence-electron chi connectivity index (χ3n) is 2.78. The first kappa shape index (κ1) is 17.3. The summed E-state index contributed by atoms with van der Waals surface area (Å²) < 4.78 is 4.25. The first-order valence-electron chi connectivity index (χ1n) is 6.29. The quantitative estimate of drug-likeness (QED) is 0.756. The third kappa shape index (κ3) is 6.73. The Kier molecular flexibility index (Phi) is 9.37. The highest BCUT2D eigenvalue weighted by Gasteiger charge is 2.04. The van der Waals surface area contributed by atoms with Crippen LogP contribution >= 0.6 is 0 Å². The van der Waals surface area contributed by atoms with Gasteiger partial charge in [0.2, 0.25) is 0 Å². The molecule has 0 spiro atoms. The number of carbonyl (C=O) groups is 1. The number of hydrogen-bond acceptors (Lipinski definition) is 2. The number of carbonyl (C=O) groups excluding carboxylic acids is 1. The lowest BCUT2D eigenvalue weighted by Crippen LogP contribution is -1.91. The fraction of sp³-hybridized carbons (Fsp3) is 0.353. The molecule has 0 fully saturated rings. The van der Waals surface area contributed by atoms with Gasteiger partial charge in [0, 0.05) is 14.2 Å². The summed E-state index contributed by atoms with van der Waals surface area (Å²) in [6.07, 6.45) is 6.88. The van der Waals surface area contributed by atoms with Crippen molar-refractivity contribution in [1.82, 2.24) is 0 Å². The van der Waals surface area contributed by atoms with Gasteiger partial charge in [-0.3, -0.25) is 0 Å². The average molecular weight is 260 g/mol. The van der Waals surface area contributed by atoms with Gasteiger partial charge in [-0.25, -0.2) is 0 Å². The first-order valence-corrected chi connectivity index (χ1v) is 6.29. The monoisotopic (exact) mass is 260 g/mol. The van der Waals surface area contributed by atoms with Crippen LogP contribution in [0.2, 0.25) is 0 Å². The van der Waals surface area contributed by atoms with Crippen LogP contribution in [-0.2, 0) is 9.53 Å². The Bertz CT molecular complexity index is 413. The summed E-state index contributed by atoms with van der Waals surface area (Å²) in [5.74, 6) is 0. The standard InChI is InChI=1S/C14H16.C2H6O.CH2O/c1-11-3-7-13(8-4-11)14-9-5-12(2)6-10-14;1-3-2;1-2/h3-5,7-9H,6,10H2,1-2H3;1-2H3;1H2. The predicted molar refractivity (Wildman–Crippen MR) is 82.2 cm³/mol. The molecule has 2 heteroatoms. The smallest absolute Gasteiger partial charge is 0.106 e. The SMILES string of the molecule is C=O.CC1=CC=C(c2ccc(C)cc2)CC1.COC. The van der Waals surface area contributed by atoms with E-state index in [1.165, 1.54) is 35.1 Å². The fourth-order valence-electron chi connectivity index (χ4n) is 1.75. The highest BCUT2D eigenvalue weighted by Crippen LogP contribution is 2.26. The minimum absolute atomic E-state index is 1.19. The van der Waals surface area contributed by atoms with Crippen molar-refractivity contribution in [1.29, 1.82) is 0 Å². The van der Waals surface area contributed by atoms with E-state index in [2.05, 4.69) is 55.0 Å². The Balaban J connectivity index is 0.000000573. The van der Waals surface area contributed by atoms with E-state index in [0.717, 1.165) is 0 Å². The van der Waals surface area contributed by atoms with E-state index in [1.54, 1.807) is 14.2 Å². The molecule has 0 N–H and O–H groups in total. The molecule has 0 aliphatic heterocycles. The Labute approximate surface area is 116 Å². The van der Waals surface area contributed by atoms with Gasteiger partial charge in [0.15, 0.2) is 0 Å². The van der Waals surface area contributed by atoms with Gasteiger partial charge in [-0.05, 0) is 37.8 Å². The van der Waals surface area contributed by atoms with E-state index in [-0.39, 0.29) is 0 Å². The molecule has 1 aromatic carbocycles. The number of allylic oxidation sites excluding steroid dienone is 4. The van der Waals surface area contributed by atoms with Crippen LogP contribution in [0.15, 0.2) is 42.0 Å². The maximum atomic E-state index is 8.00. The maximum absolute atomic E-state index is 8.00. The zero-order valence-electron chi connectivity index (χ0n) is 12.4. The second-order valence-electron chi connectivity index (χ2n) is 4.48. The molecular formula is C17H24O2. The predicted octanol–water partition coefficient (Wildman–Crippen LogP) is 4.20. The molecule has 0 heterocycles. The van der Waals surface area contributed by atoms with Gasteiger partial charge in [-0.2, -0.15) is 0 Å². The van der Waals surface area contributed by atoms with Gasteiger partial charge in [-0.1, -0.05) is 47.6 Å². The fourth-order valence-corrected chi connectivity index (χ4v) is 1.75. The van der Waals surface area contributed by atoms with Crippen molar-refractivity contribution in [3.05, 3.63) is 53.1 Å². The van der Waals surface area contributed by atoms with E-state index in [0.29, 0.717) is 0 Å². The number of benzene rings is 1. The number of rotatable bonds is 1. The maximum Gasteiger partial charge on any atom is 0.106 e. The molecule has 0 saturated heterocycles. The minimum Gasteiger partial charge on any atom is -0.388 e. The zero-order valence-corrected chi connectivity index (χ0v) is 12.4. The molecule has 2 nitrogen and oxygen atoms in total. The molecule has 2 rings (SSSR count). The van der Waals surface area contributed by atoms with Crippen LogP contribution in [0.4, 0.5) is 0 Å². The van der Waals surface area contributed by atoms with E-state index in [4.69, 9.17) is 4.79 Å². The topological polar surface area (TPSA) is 26.3 Å². The summed E-state index contributed by atoms with van der Waals surface area (Å²) in [6.45, 7) is 6.32. The van der Waals surface area contributed by atoms with Crippen LogP contribution in [0.1, 0.15) is 30.9 Å². The molecule has 1 aliphatic carbocycles. The molecule has 0 atom stereocenters. The number of methoxy groups -OCH3 is 1. The van der Waals surface area contributed by atoms with Gasteiger partial charge in [0.25, 0.3) is 0 Å². The highest BCUT2D eigenvalue weighted by atomic mass is 16.4. The summed E-state index contributed by atoms with van der Waals surface area (Å²) in [5, 5.41) is 0.